The van der Waals surface area contributed by atoms with Gasteiger partial charge in [0.05, 0.1) is 15.7 Å². The zero-order valence-corrected chi connectivity index (χ0v) is 14.8. The second-order valence-electron chi connectivity index (χ2n) is 4.99. The molecule has 3 aromatic rings. The zero-order valence-electron chi connectivity index (χ0n) is 12.5. The van der Waals surface area contributed by atoms with Gasteiger partial charge in [-0.05, 0) is 36.4 Å². The highest BCUT2D eigenvalue weighted by Gasteiger charge is 2.11. The van der Waals surface area contributed by atoms with Crippen LogP contribution in [0.15, 0.2) is 42.7 Å². The number of anilines is 5. The van der Waals surface area contributed by atoms with Crippen LogP contribution in [-0.4, -0.2) is 9.97 Å². The molecule has 0 aliphatic heterocycles. The fourth-order valence-electron chi connectivity index (χ4n) is 2.02. The summed E-state index contributed by atoms with van der Waals surface area (Å²) >= 11 is 17.8. The van der Waals surface area contributed by atoms with Crippen molar-refractivity contribution >= 4 is 63.5 Å². The van der Waals surface area contributed by atoms with Crippen molar-refractivity contribution in [3.05, 3.63) is 63.6 Å². The van der Waals surface area contributed by atoms with E-state index in [2.05, 4.69) is 20.6 Å². The third-order valence-corrected chi connectivity index (χ3v) is 4.09. The minimum Gasteiger partial charge on any atom is -0.393 e. The van der Waals surface area contributed by atoms with Crippen LogP contribution in [-0.2, 0) is 0 Å². The minimum atomic E-state index is -0.511. The molecular weight excluding hydrogens is 388 g/mol. The quantitative estimate of drug-likeness (QED) is 0.530. The normalized spacial score (nSPS) is 10.6. The lowest BCUT2D eigenvalue weighted by atomic mass is 10.3. The fourth-order valence-corrected chi connectivity index (χ4v) is 2.66. The lowest BCUT2D eigenvalue weighted by Crippen LogP contribution is -2.05. The van der Waals surface area contributed by atoms with E-state index in [4.69, 9.17) is 40.5 Å². The van der Waals surface area contributed by atoms with E-state index < -0.39 is 5.82 Å². The number of nitrogens with zero attached hydrogens (tertiary/aromatic N) is 2. The lowest BCUT2D eigenvalue weighted by Gasteiger charge is -2.13. The van der Waals surface area contributed by atoms with Crippen molar-refractivity contribution in [1.82, 2.24) is 9.97 Å². The first-order valence-corrected chi connectivity index (χ1v) is 8.12. The molecule has 0 radical (unpaired) electrons. The van der Waals surface area contributed by atoms with Crippen LogP contribution in [0.4, 0.5) is 33.1 Å². The third-order valence-electron chi connectivity index (χ3n) is 3.25. The Morgan fingerprint density at radius 1 is 0.880 bits per heavy atom. The monoisotopic (exact) mass is 397 g/mol. The highest BCUT2D eigenvalue weighted by atomic mass is 35.5. The Labute approximate surface area is 157 Å². The highest BCUT2D eigenvalue weighted by Crippen LogP contribution is 2.32. The molecule has 0 aliphatic carbocycles. The molecule has 1 aromatic heterocycles. The van der Waals surface area contributed by atoms with Gasteiger partial charge in [-0.3, -0.25) is 0 Å². The van der Waals surface area contributed by atoms with Gasteiger partial charge in [-0.2, -0.15) is 0 Å². The molecule has 2 aromatic carbocycles. The molecule has 0 bridgehead atoms. The van der Waals surface area contributed by atoms with Crippen molar-refractivity contribution in [2.24, 2.45) is 0 Å². The molecule has 1 heterocycles. The Balaban J connectivity index is 1.87. The highest BCUT2D eigenvalue weighted by molar-refractivity contribution is 6.36. The van der Waals surface area contributed by atoms with Gasteiger partial charge in [0, 0.05) is 10.7 Å². The number of hydrogen-bond donors (Lipinski definition) is 3. The van der Waals surface area contributed by atoms with Crippen molar-refractivity contribution in [2.45, 2.75) is 0 Å². The first kappa shape index (κ1) is 17.5. The summed E-state index contributed by atoms with van der Waals surface area (Å²) in [5.41, 5.74) is 7.48. The van der Waals surface area contributed by atoms with Gasteiger partial charge in [-0.25, -0.2) is 14.4 Å². The summed E-state index contributed by atoms with van der Waals surface area (Å²) in [6.45, 7) is 0. The van der Waals surface area contributed by atoms with E-state index in [-0.39, 0.29) is 10.7 Å². The van der Waals surface area contributed by atoms with Crippen LogP contribution in [0.3, 0.4) is 0 Å². The molecule has 0 amide bonds. The SMILES string of the molecule is Nc1c(Nc2ccc(F)c(Cl)c2)ncnc1Nc1ccc(Cl)cc1Cl. The molecule has 3 rings (SSSR count). The number of rotatable bonds is 4. The second-order valence-corrected chi connectivity index (χ2v) is 6.24. The predicted octanol–water partition coefficient (Wildman–Crippen LogP) is 5.65. The fraction of sp³-hybridized carbons (Fsp3) is 0. The van der Waals surface area contributed by atoms with E-state index in [0.717, 1.165) is 0 Å². The summed E-state index contributed by atoms with van der Waals surface area (Å²) in [4.78, 5) is 8.19. The zero-order chi connectivity index (χ0) is 18.0. The third kappa shape index (κ3) is 4.04. The van der Waals surface area contributed by atoms with Gasteiger partial charge in [0.1, 0.15) is 17.8 Å². The minimum absolute atomic E-state index is 0.0103. The van der Waals surface area contributed by atoms with Crippen molar-refractivity contribution in [3.63, 3.8) is 0 Å². The molecule has 25 heavy (non-hydrogen) atoms. The largest absolute Gasteiger partial charge is 0.393 e. The summed E-state index contributed by atoms with van der Waals surface area (Å²) < 4.78 is 13.2. The Morgan fingerprint density at radius 2 is 1.60 bits per heavy atom. The molecule has 128 valence electrons. The first-order valence-electron chi connectivity index (χ1n) is 6.98. The topological polar surface area (TPSA) is 75.9 Å². The summed E-state index contributed by atoms with van der Waals surface area (Å²) in [5.74, 6) is 0.183. The van der Waals surface area contributed by atoms with E-state index in [1.54, 1.807) is 18.2 Å². The van der Waals surface area contributed by atoms with Gasteiger partial charge in [0.2, 0.25) is 0 Å². The molecule has 0 spiro atoms. The molecule has 0 saturated carbocycles. The molecule has 0 atom stereocenters. The lowest BCUT2D eigenvalue weighted by molar-refractivity contribution is 0.628. The van der Waals surface area contributed by atoms with Gasteiger partial charge in [-0.1, -0.05) is 34.8 Å². The standard InChI is InChI=1S/C16H11Cl3FN5/c17-8-1-4-13(11(19)5-8)25-16-14(21)15(22-7-23-16)24-9-2-3-12(20)10(18)6-9/h1-7H,21H2,(H2,22,23,24,25). The van der Waals surface area contributed by atoms with E-state index in [1.807, 2.05) is 0 Å². The van der Waals surface area contributed by atoms with E-state index >= 15 is 0 Å². The summed E-state index contributed by atoms with van der Waals surface area (Å²) in [6, 6.07) is 9.19. The van der Waals surface area contributed by atoms with Crippen molar-refractivity contribution in [2.75, 3.05) is 16.4 Å². The molecule has 4 N–H and O–H groups in total. The van der Waals surface area contributed by atoms with Gasteiger partial charge < -0.3 is 16.4 Å². The van der Waals surface area contributed by atoms with Crippen LogP contribution < -0.4 is 16.4 Å². The maximum atomic E-state index is 13.2. The van der Waals surface area contributed by atoms with Crippen LogP contribution in [0.25, 0.3) is 0 Å². The Bertz CT molecular complexity index is 936. The van der Waals surface area contributed by atoms with E-state index in [0.29, 0.717) is 33.1 Å². The van der Waals surface area contributed by atoms with Crippen LogP contribution in [0.1, 0.15) is 0 Å². The molecule has 0 unspecified atom stereocenters. The van der Waals surface area contributed by atoms with Gasteiger partial charge >= 0.3 is 0 Å². The van der Waals surface area contributed by atoms with E-state index in [1.165, 1.54) is 24.5 Å². The number of nitrogens with two attached hydrogens (primary N) is 1. The molecule has 0 fully saturated rings. The molecule has 0 aliphatic rings. The smallest absolute Gasteiger partial charge is 0.159 e. The van der Waals surface area contributed by atoms with Gasteiger partial charge in [0.25, 0.3) is 0 Å². The summed E-state index contributed by atoms with van der Waals surface area (Å²) in [5, 5.41) is 6.92. The van der Waals surface area contributed by atoms with Crippen LogP contribution in [0.2, 0.25) is 15.1 Å². The van der Waals surface area contributed by atoms with Crippen LogP contribution in [0, 0.1) is 5.82 Å². The van der Waals surface area contributed by atoms with Gasteiger partial charge in [0.15, 0.2) is 11.6 Å². The van der Waals surface area contributed by atoms with Crippen molar-refractivity contribution in [3.8, 4) is 0 Å². The average Bonchev–Trinajstić information content (AvgIpc) is 2.57. The number of nitrogens with one attached hydrogen (secondary N) is 2. The van der Waals surface area contributed by atoms with Crippen molar-refractivity contribution in [1.29, 1.82) is 0 Å². The number of hydrogen-bond acceptors (Lipinski definition) is 5. The first-order chi connectivity index (χ1) is 11.9. The number of nitrogen functional groups attached to an aromatic ring is 1. The number of halogens is 4. The van der Waals surface area contributed by atoms with Crippen LogP contribution in [0.5, 0.6) is 0 Å². The number of aromatic nitrogens is 2. The van der Waals surface area contributed by atoms with Crippen molar-refractivity contribution < 1.29 is 4.39 Å². The molecule has 9 heteroatoms. The second kappa shape index (κ2) is 7.31. The van der Waals surface area contributed by atoms with Gasteiger partial charge in [-0.15, -0.1) is 0 Å². The Kier molecular flexibility index (Phi) is 5.13. The number of benzene rings is 2. The molecule has 0 saturated heterocycles. The predicted molar refractivity (Wildman–Crippen MR) is 101 cm³/mol. The average molecular weight is 399 g/mol. The summed E-state index contributed by atoms with van der Waals surface area (Å²) in [6.07, 6.45) is 1.33. The maximum absolute atomic E-state index is 13.2. The molecular formula is C16H11Cl3FN5. The Hall–Kier alpha value is -2.28. The maximum Gasteiger partial charge on any atom is 0.159 e. The molecule has 5 nitrogen and oxygen atoms in total. The van der Waals surface area contributed by atoms with E-state index in [9.17, 15) is 4.39 Å². The van der Waals surface area contributed by atoms with Crippen LogP contribution >= 0.6 is 34.8 Å². The summed E-state index contributed by atoms with van der Waals surface area (Å²) in [7, 11) is 0. The Morgan fingerprint density at radius 3 is 2.28 bits per heavy atom.